The molecule has 4 heteroatoms. The molecule has 1 aromatic rings. The number of rotatable bonds is 3. The number of amides is 3. The van der Waals surface area contributed by atoms with Crippen molar-refractivity contribution in [2.45, 2.75) is 32.4 Å². The van der Waals surface area contributed by atoms with Gasteiger partial charge in [-0.05, 0) is 18.9 Å². The van der Waals surface area contributed by atoms with Gasteiger partial charge in [0.25, 0.3) is 5.91 Å². The molecule has 1 aromatic carbocycles. The summed E-state index contributed by atoms with van der Waals surface area (Å²) < 4.78 is 0. The fourth-order valence-electron chi connectivity index (χ4n) is 2.01. The maximum atomic E-state index is 11.8. The van der Waals surface area contributed by atoms with Gasteiger partial charge in [-0.1, -0.05) is 37.3 Å². The highest BCUT2D eigenvalue weighted by atomic mass is 16.2. The average molecular weight is 232 g/mol. The molecular formula is C13H16N2O2. The molecule has 17 heavy (non-hydrogen) atoms. The maximum Gasteiger partial charge on any atom is 0.325 e. The third-order valence-electron chi connectivity index (χ3n) is 3.42. The van der Waals surface area contributed by atoms with Crippen LogP contribution in [0.3, 0.4) is 0 Å². The first-order chi connectivity index (χ1) is 8.08. The summed E-state index contributed by atoms with van der Waals surface area (Å²) in [6.45, 7) is 4.18. The molecule has 1 aliphatic heterocycles. The number of imide groups is 1. The van der Waals surface area contributed by atoms with Gasteiger partial charge in [-0.25, -0.2) is 4.79 Å². The fraction of sp³-hybridized carbons (Fsp3) is 0.385. The van der Waals surface area contributed by atoms with E-state index in [1.165, 1.54) is 0 Å². The van der Waals surface area contributed by atoms with Gasteiger partial charge in [-0.3, -0.25) is 10.1 Å². The van der Waals surface area contributed by atoms with Crippen molar-refractivity contribution in [2.75, 3.05) is 0 Å². The number of hydrogen-bond acceptors (Lipinski definition) is 2. The van der Waals surface area contributed by atoms with Gasteiger partial charge >= 0.3 is 6.03 Å². The predicted octanol–water partition coefficient (Wildman–Crippen LogP) is 1.91. The molecule has 1 unspecified atom stereocenters. The largest absolute Gasteiger partial charge is 0.325 e. The average Bonchev–Trinajstić information content (AvgIpc) is 2.55. The van der Waals surface area contributed by atoms with E-state index < -0.39 is 5.54 Å². The molecule has 90 valence electrons. The lowest BCUT2D eigenvalue weighted by Gasteiger charge is -2.30. The SMILES string of the molecule is CCC1(C)C(=O)NC(=O)N1Cc1ccccc1. The van der Waals surface area contributed by atoms with Gasteiger partial charge in [0, 0.05) is 6.54 Å². The number of urea groups is 1. The summed E-state index contributed by atoms with van der Waals surface area (Å²) in [6.07, 6.45) is 0.609. The number of carbonyl (C=O) groups excluding carboxylic acids is 2. The Morgan fingerprint density at radius 2 is 1.88 bits per heavy atom. The quantitative estimate of drug-likeness (QED) is 0.809. The second kappa shape index (κ2) is 4.20. The van der Waals surface area contributed by atoms with Crippen LogP contribution in [-0.4, -0.2) is 22.4 Å². The smallest absolute Gasteiger partial charge is 0.306 e. The van der Waals surface area contributed by atoms with E-state index in [1.54, 1.807) is 11.8 Å². The molecular weight excluding hydrogens is 216 g/mol. The van der Waals surface area contributed by atoms with Crippen molar-refractivity contribution in [1.82, 2.24) is 10.2 Å². The van der Waals surface area contributed by atoms with Crippen LogP contribution in [-0.2, 0) is 11.3 Å². The van der Waals surface area contributed by atoms with Crippen LogP contribution in [0.4, 0.5) is 4.79 Å². The highest BCUT2D eigenvalue weighted by molar-refractivity contribution is 6.06. The zero-order chi connectivity index (χ0) is 12.5. The summed E-state index contributed by atoms with van der Waals surface area (Å²) in [4.78, 5) is 25.1. The summed E-state index contributed by atoms with van der Waals surface area (Å²) in [5, 5.41) is 2.38. The molecule has 4 nitrogen and oxygen atoms in total. The summed E-state index contributed by atoms with van der Waals surface area (Å²) in [7, 11) is 0. The van der Waals surface area contributed by atoms with Crippen molar-refractivity contribution in [3.8, 4) is 0 Å². The molecule has 2 rings (SSSR count). The van der Waals surface area contributed by atoms with Crippen LogP contribution in [0.2, 0.25) is 0 Å². The zero-order valence-electron chi connectivity index (χ0n) is 10.1. The third kappa shape index (κ3) is 1.90. The van der Waals surface area contributed by atoms with Crippen LogP contribution in [0, 0.1) is 0 Å². The lowest BCUT2D eigenvalue weighted by molar-refractivity contribution is -0.126. The lowest BCUT2D eigenvalue weighted by Crippen LogP contribution is -2.45. The van der Waals surface area contributed by atoms with Crippen molar-refractivity contribution in [1.29, 1.82) is 0 Å². The van der Waals surface area contributed by atoms with Crippen molar-refractivity contribution in [2.24, 2.45) is 0 Å². The van der Waals surface area contributed by atoms with E-state index in [2.05, 4.69) is 5.32 Å². The van der Waals surface area contributed by atoms with Crippen LogP contribution in [0.1, 0.15) is 25.8 Å². The second-order valence-corrected chi connectivity index (χ2v) is 4.46. The van der Waals surface area contributed by atoms with Crippen LogP contribution < -0.4 is 5.32 Å². The first-order valence-electron chi connectivity index (χ1n) is 5.75. The summed E-state index contributed by atoms with van der Waals surface area (Å²) >= 11 is 0. The molecule has 0 saturated carbocycles. The van der Waals surface area contributed by atoms with E-state index >= 15 is 0 Å². The second-order valence-electron chi connectivity index (χ2n) is 4.46. The molecule has 1 N–H and O–H groups in total. The van der Waals surface area contributed by atoms with E-state index in [0.29, 0.717) is 13.0 Å². The van der Waals surface area contributed by atoms with E-state index in [9.17, 15) is 9.59 Å². The highest BCUT2D eigenvalue weighted by Gasteiger charge is 2.47. The molecule has 0 aromatic heterocycles. The van der Waals surface area contributed by atoms with Gasteiger partial charge in [0.2, 0.25) is 0 Å². The molecule has 0 aliphatic carbocycles. The lowest BCUT2D eigenvalue weighted by atomic mass is 9.97. The zero-order valence-corrected chi connectivity index (χ0v) is 10.1. The van der Waals surface area contributed by atoms with Crippen LogP contribution in [0.25, 0.3) is 0 Å². The third-order valence-corrected chi connectivity index (χ3v) is 3.42. The number of nitrogens with zero attached hydrogens (tertiary/aromatic N) is 1. The van der Waals surface area contributed by atoms with Gasteiger partial charge in [0.1, 0.15) is 5.54 Å². The molecule has 1 saturated heterocycles. The van der Waals surface area contributed by atoms with Gasteiger partial charge in [-0.15, -0.1) is 0 Å². The Labute approximate surface area is 101 Å². The summed E-state index contributed by atoms with van der Waals surface area (Å²) in [5.41, 5.74) is 0.296. The molecule has 1 fully saturated rings. The molecule has 0 bridgehead atoms. The van der Waals surface area contributed by atoms with E-state index in [1.807, 2.05) is 37.3 Å². The number of benzene rings is 1. The van der Waals surface area contributed by atoms with E-state index in [0.717, 1.165) is 5.56 Å². The van der Waals surface area contributed by atoms with Crippen LogP contribution in [0.5, 0.6) is 0 Å². The van der Waals surface area contributed by atoms with Crippen molar-refractivity contribution in [3.05, 3.63) is 35.9 Å². The molecule has 1 heterocycles. The predicted molar refractivity (Wildman–Crippen MR) is 64.2 cm³/mol. The first-order valence-corrected chi connectivity index (χ1v) is 5.75. The van der Waals surface area contributed by atoms with Crippen molar-refractivity contribution >= 4 is 11.9 Å². The molecule has 3 amide bonds. The van der Waals surface area contributed by atoms with Crippen molar-refractivity contribution < 1.29 is 9.59 Å². The summed E-state index contributed by atoms with van der Waals surface area (Å²) in [6, 6.07) is 9.38. The number of nitrogens with one attached hydrogen (secondary N) is 1. The Morgan fingerprint density at radius 3 is 2.47 bits per heavy atom. The Balaban J connectivity index is 2.25. The van der Waals surface area contributed by atoms with Gasteiger partial charge in [0.15, 0.2) is 0 Å². The minimum atomic E-state index is -0.729. The minimum Gasteiger partial charge on any atom is -0.306 e. The molecule has 1 aliphatic rings. The number of hydrogen-bond donors (Lipinski definition) is 1. The van der Waals surface area contributed by atoms with Gasteiger partial charge in [0.05, 0.1) is 0 Å². The highest BCUT2D eigenvalue weighted by Crippen LogP contribution is 2.26. The van der Waals surface area contributed by atoms with Crippen LogP contribution >= 0.6 is 0 Å². The standard InChI is InChI=1S/C13H16N2O2/c1-3-13(2)11(16)14-12(17)15(13)9-10-7-5-4-6-8-10/h4-8H,3,9H2,1-2H3,(H,14,16,17). The monoisotopic (exact) mass is 232 g/mol. The Hall–Kier alpha value is -1.84. The van der Waals surface area contributed by atoms with Crippen LogP contribution in [0.15, 0.2) is 30.3 Å². The Morgan fingerprint density at radius 1 is 1.24 bits per heavy atom. The maximum absolute atomic E-state index is 11.8. The fourth-order valence-corrected chi connectivity index (χ4v) is 2.01. The van der Waals surface area contributed by atoms with Crippen molar-refractivity contribution in [3.63, 3.8) is 0 Å². The van der Waals surface area contributed by atoms with Gasteiger partial charge in [-0.2, -0.15) is 0 Å². The normalized spacial score (nSPS) is 24.0. The number of carbonyl (C=O) groups is 2. The molecule has 0 radical (unpaired) electrons. The molecule has 0 spiro atoms. The van der Waals surface area contributed by atoms with Gasteiger partial charge < -0.3 is 4.90 Å². The Kier molecular flexibility index (Phi) is 2.88. The first kappa shape index (κ1) is 11.6. The Bertz CT molecular complexity index is 444. The van der Waals surface area contributed by atoms with E-state index in [4.69, 9.17) is 0 Å². The topological polar surface area (TPSA) is 49.4 Å². The van der Waals surface area contributed by atoms with E-state index in [-0.39, 0.29) is 11.9 Å². The minimum absolute atomic E-state index is 0.207. The molecule has 1 atom stereocenters. The summed E-state index contributed by atoms with van der Waals surface area (Å²) in [5.74, 6) is -0.207.